The van der Waals surface area contributed by atoms with E-state index in [4.69, 9.17) is 10.8 Å². The molecule has 1 aromatic heterocycles. The van der Waals surface area contributed by atoms with Gasteiger partial charge in [-0.2, -0.15) is 4.39 Å². The van der Waals surface area contributed by atoms with E-state index in [-0.39, 0.29) is 12.0 Å². The molecule has 0 bridgehead atoms. The van der Waals surface area contributed by atoms with E-state index in [0.717, 1.165) is 6.26 Å². The van der Waals surface area contributed by atoms with Crippen molar-refractivity contribution in [2.24, 2.45) is 5.73 Å². The van der Waals surface area contributed by atoms with Crippen LogP contribution in [0.25, 0.3) is 0 Å². The predicted molar refractivity (Wildman–Crippen MR) is 37.8 cm³/mol. The molecule has 1 atom stereocenters. The van der Waals surface area contributed by atoms with Gasteiger partial charge >= 0.3 is 5.97 Å². The van der Waals surface area contributed by atoms with Gasteiger partial charge in [-0.15, -0.1) is 0 Å². The van der Waals surface area contributed by atoms with Crippen LogP contribution in [0.1, 0.15) is 18.0 Å². The molecule has 3 N–H and O–H groups in total. The number of nitrogens with two attached hydrogens (primary N) is 1. The van der Waals surface area contributed by atoms with Crippen molar-refractivity contribution in [3.8, 4) is 0 Å². The first-order valence-corrected chi connectivity index (χ1v) is 3.31. The first kappa shape index (κ1) is 8.73. The first-order chi connectivity index (χ1) is 5.61. The van der Waals surface area contributed by atoms with Crippen LogP contribution in [-0.2, 0) is 4.79 Å². The molecule has 1 aromatic rings. The number of halogens is 1. The van der Waals surface area contributed by atoms with Crippen molar-refractivity contribution in [3.63, 3.8) is 0 Å². The lowest BCUT2D eigenvalue weighted by Crippen LogP contribution is -2.15. The van der Waals surface area contributed by atoms with Gasteiger partial charge in [0.25, 0.3) is 6.01 Å². The van der Waals surface area contributed by atoms with E-state index in [1.807, 2.05) is 0 Å². The van der Waals surface area contributed by atoms with Crippen molar-refractivity contribution in [1.29, 1.82) is 0 Å². The van der Waals surface area contributed by atoms with Crippen LogP contribution in [0.3, 0.4) is 0 Å². The Morgan fingerprint density at radius 1 is 1.83 bits per heavy atom. The fraction of sp³-hybridized carbons (Fsp3) is 0.286. The zero-order chi connectivity index (χ0) is 9.14. The van der Waals surface area contributed by atoms with E-state index >= 15 is 0 Å². The molecule has 0 amide bonds. The SMILES string of the molecule is N[C@@H](CC(=O)O)c1ccoc1F. The Labute approximate surface area is 67.8 Å². The van der Waals surface area contributed by atoms with Gasteiger partial charge in [0.15, 0.2) is 0 Å². The normalized spacial score (nSPS) is 12.8. The van der Waals surface area contributed by atoms with Crippen molar-refractivity contribution < 1.29 is 18.7 Å². The van der Waals surface area contributed by atoms with Crippen LogP contribution in [0.4, 0.5) is 4.39 Å². The molecular formula is C7H8FNO3. The van der Waals surface area contributed by atoms with Crippen LogP contribution in [0.2, 0.25) is 0 Å². The molecule has 4 nitrogen and oxygen atoms in total. The molecule has 1 heterocycles. The van der Waals surface area contributed by atoms with E-state index < -0.39 is 18.0 Å². The number of carbonyl (C=O) groups is 1. The predicted octanol–water partition coefficient (Wildman–Crippen LogP) is 0.893. The van der Waals surface area contributed by atoms with E-state index in [2.05, 4.69) is 4.42 Å². The van der Waals surface area contributed by atoms with Gasteiger partial charge in [0.05, 0.1) is 12.7 Å². The standard InChI is InChI=1S/C7H8FNO3/c8-7-4(1-2-12-7)5(9)3-6(10)11/h1-2,5H,3,9H2,(H,10,11)/t5-/m0/s1. The third-order valence-electron chi connectivity index (χ3n) is 1.44. The maximum absolute atomic E-state index is 12.6. The zero-order valence-corrected chi connectivity index (χ0v) is 6.16. The number of hydrogen-bond acceptors (Lipinski definition) is 3. The summed E-state index contributed by atoms with van der Waals surface area (Å²) in [6, 6.07) is -0.340. The fourth-order valence-electron chi connectivity index (χ4n) is 0.868. The van der Waals surface area contributed by atoms with Gasteiger partial charge in [0, 0.05) is 11.6 Å². The maximum atomic E-state index is 12.6. The summed E-state index contributed by atoms with van der Waals surface area (Å²) < 4.78 is 16.9. The Kier molecular flexibility index (Phi) is 2.44. The van der Waals surface area contributed by atoms with Gasteiger partial charge in [-0.25, -0.2) is 0 Å². The van der Waals surface area contributed by atoms with Crippen LogP contribution in [0.5, 0.6) is 0 Å². The van der Waals surface area contributed by atoms with E-state index in [1.54, 1.807) is 0 Å². The quantitative estimate of drug-likeness (QED) is 0.711. The van der Waals surface area contributed by atoms with Crippen molar-refractivity contribution in [3.05, 3.63) is 23.9 Å². The number of hydrogen-bond donors (Lipinski definition) is 2. The third kappa shape index (κ3) is 1.82. The van der Waals surface area contributed by atoms with Crippen molar-refractivity contribution in [2.45, 2.75) is 12.5 Å². The number of carboxylic acid groups (broad SMARTS) is 1. The van der Waals surface area contributed by atoms with E-state index in [0.29, 0.717) is 0 Å². The molecule has 0 aromatic carbocycles. The van der Waals surface area contributed by atoms with Crippen LogP contribution in [0.15, 0.2) is 16.7 Å². The second kappa shape index (κ2) is 3.36. The summed E-state index contributed by atoms with van der Waals surface area (Å²) in [5.41, 5.74) is 5.46. The second-order valence-corrected chi connectivity index (χ2v) is 2.35. The average Bonchev–Trinajstić information content (AvgIpc) is 2.33. The molecule has 0 saturated heterocycles. The molecule has 0 aliphatic carbocycles. The molecule has 0 aliphatic rings. The minimum atomic E-state index is -1.07. The number of carboxylic acids is 1. The highest BCUT2D eigenvalue weighted by Gasteiger charge is 2.16. The molecule has 0 unspecified atom stereocenters. The highest BCUT2D eigenvalue weighted by Crippen LogP contribution is 2.18. The Morgan fingerprint density at radius 2 is 2.50 bits per heavy atom. The lowest BCUT2D eigenvalue weighted by atomic mass is 10.1. The first-order valence-electron chi connectivity index (χ1n) is 3.31. The van der Waals surface area contributed by atoms with Crippen molar-refractivity contribution in [2.75, 3.05) is 0 Å². The molecule has 0 fully saturated rings. The van der Waals surface area contributed by atoms with Gasteiger partial charge in [0.2, 0.25) is 0 Å². The zero-order valence-electron chi connectivity index (χ0n) is 6.16. The summed E-state index contributed by atoms with van der Waals surface area (Å²) in [5.74, 6) is -1.07. The average molecular weight is 173 g/mol. The summed E-state index contributed by atoms with van der Waals surface area (Å²) in [6.45, 7) is 0. The molecule has 5 heteroatoms. The van der Waals surface area contributed by atoms with Crippen molar-refractivity contribution in [1.82, 2.24) is 0 Å². The molecule has 0 aliphatic heterocycles. The Balaban J connectivity index is 2.71. The van der Waals surface area contributed by atoms with Gasteiger partial charge < -0.3 is 15.3 Å². The molecular weight excluding hydrogens is 165 g/mol. The lowest BCUT2D eigenvalue weighted by molar-refractivity contribution is -0.137. The van der Waals surface area contributed by atoms with Gasteiger partial charge in [-0.1, -0.05) is 0 Å². The minimum absolute atomic E-state index is 0.0948. The Bertz CT molecular complexity index is 284. The van der Waals surface area contributed by atoms with Crippen LogP contribution in [-0.4, -0.2) is 11.1 Å². The highest BCUT2D eigenvalue weighted by molar-refractivity contribution is 5.67. The minimum Gasteiger partial charge on any atom is -0.481 e. The molecule has 0 radical (unpaired) electrons. The largest absolute Gasteiger partial charge is 0.481 e. The van der Waals surface area contributed by atoms with Crippen molar-refractivity contribution >= 4 is 5.97 Å². The van der Waals surface area contributed by atoms with Crippen LogP contribution in [0, 0.1) is 6.01 Å². The fourth-order valence-corrected chi connectivity index (χ4v) is 0.868. The molecule has 12 heavy (non-hydrogen) atoms. The smallest absolute Gasteiger partial charge is 0.305 e. The summed E-state index contributed by atoms with van der Waals surface area (Å²) in [7, 11) is 0. The second-order valence-electron chi connectivity index (χ2n) is 2.35. The van der Waals surface area contributed by atoms with Crippen LogP contribution >= 0.6 is 0 Å². The molecule has 0 spiro atoms. The summed E-state index contributed by atoms with van der Waals surface area (Å²) in [4.78, 5) is 10.2. The number of rotatable bonds is 3. The monoisotopic (exact) mass is 173 g/mol. The van der Waals surface area contributed by atoms with E-state index in [9.17, 15) is 9.18 Å². The number of furan rings is 1. The molecule has 1 rings (SSSR count). The number of aliphatic carboxylic acids is 1. The third-order valence-corrected chi connectivity index (χ3v) is 1.44. The summed E-state index contributed by atoms with van der Waals surface area (Å²) >= 11 is 0. The highest BCUT2D eigenvalue weighted by atomic mass is 19.1. The topological polar surface area (TPSA) is 76.5 Å². The lowest BCUT2D eigenvalue weighted by Gasteiger charge is -2.04. The maximum Gasteiger partial charge on any atom is 0.305 e. The van der Waals surface area contributed by atoms with Gasteiger partial charge in [-0.3, -0.25) is 4.79 Å². The Hall–Kier alpha value is -1.36. The Morgan fingerprint density at radius 3 is 2.92 bits per heavy atom. The van der Waals surface area contributed by atoms with Gasteiger partial charge in [0.1, 0.15) is 0 Å². The molecule has 66 valence electrons. The summed E-state index contributed by atoms with van der Waals surface area (Å²) in [6.07, 6.45) is 0.822. The van der Waals surface area contributed by atoms with Gasteiger partial charge in [-0.05, 0) is 6.07 Å². The summed E-state index contributed by atoms with van der Waals surface area (Å²) in [5, 5.41) is 8.34. The van der Waals surface area contributed by atoms with Crippen LogP contribution < -0.4 is 5.73 Å². The van der Waals surface area contributed by atoms with E-state index in [1.165, 1.54) is 6.07 Å². The molecule has 0 saturated carbocycles.